The third kappa shape index (κ3) is 3.12. The molecule has 0 bridgehead atoms. The lowest BCUT2D eigenvalue weighted by Crippen LogP contribution is -2.44. The molecule has 3 atom stereocenters. The van der Waals surface area contributed by atoms with Crippen molar-refractivity contribution in [3.63, 3.8) is 0 Å². The van der Waals surface area contributed by atoms with Crippen LogP contribution in [0.25, 0.3) is 0 Å². The minimum atomic E-state index is -0.0420. The molecule has 18 heavy (non-hydrogen) atoms. The molecule has 1 amide bonds. The highest BCUT2D eigenvalue weighted by atomic mass is 79.9. The first-order valence-electron chi connectivity index (χ1n) is 6.37. The molecule has 2 N–H and O–H groups in total. The van der Waals surface area contributed by atoms with Gasteiger partial charge in [-0.1, -0.05) is 35.0 Å². The van der Waals surface area contributed by atoms with Crippen molar-refractivity contribution in [1.82, 2.24) is 10.6 Å². The average Bonchev–Trinajstić information content (AvgIpc) is 2.75. The Hall–Kier alpha value is -0.870. The molecule has 2 rings (SSSR count). The maximum absolute atomic E-state index is 12.1. The number of carbonyl (C=O) groups is 1. The maximum Gasteiger partial charge on any atom is 0.237 e. The molecule has 0 spiro atoms. The van der Waals surface area contributed by atoms with Crippen LogP contribution in [-0.4, -0.2) is 18.5 Å². The molecule has 1 fully saturated rings. The SMILES string of the molecule is CC(NC(=O)C1NCCC1C)c1cccc(Br)c1. The summed E-state index contributed by atoms with van der Waals surface area (Å²) in [5.74, 6) is 0.521. The molecule has 1 aromatic carbocycles. The fourth-order valence-corrected chi connectivity index (χ4v) is 2.76. The molecule has 1 aromatic rings. The van der Waals surface area contributed by atoms with Gasteiger partial charge < -0.3 is 10.6 Å². The van der Waals surface area contributed by atoms with Crippen LogP contribution < -0.4 is 10.6 Å². The first kappa shape index (κ1) is 13.6. The Morgan fingerprint density at radius 1 is 1.56 bits per heavy atom. The second-order valence-electron chi connectivity index (χ2n) is 4.98. The van der Waals surface area contributed by atoms with Crippen molar-refractivity contribution in [3.05, 3.63) is 34.3 Å². The molecule has 0 radical (unpaired) electrons. The summed E-state index contributed by atoms with van der Waals surface area (Å²) in [6.45, 7) is 5.07. The normalized spacial score (nSPS) is 24.8. The Labute approximate surface area is 116 Å². The van der Waals surface area contributed by atoms with Crippen molar-refractivity contribution in [1.29, 1.82) is 0 Å². The average molecular weight is 311 g/mol. The minimum absolute atomic E-state index is 0.0320. The highest BCUT2D eigenvalue weighted by molar-refractivity contribution is 9.10. The fourth-order valence-electron chi connectivity index (χ4n) is 2.35. The Morgan fingerprint density at radius 3 is 2.94 bits per heavy atom. The summed E-state index contributed by atoms with van der Waals surface area (Å²) in [7, 11) is 0. The smallest absolute Gasteiger partial charge is 0.237 e. The van der Waals surface area contributed by atoms with Crippen LogP contribution in [0.15, 0.2) is 28.7 Å². The molecule has 1 heterocycles. The highest BCUT2D eigenvalue weighted by Gasteiger charge is 2.29. The largest absolute Gasteiger partial charge is 0.348 e. The number of amides is 1. The third-order valence-corrected chi connectivity index (χ3v) is 4.02. The van der Waals surface area contributed by atoms with Gasteiger partial charge in [0, 0.05) is 4.47 Å². The molecule has 1 saturated heterocycles. The van der Waals surface area contributed by atoms with E-state index >= 15 is 0 Å². The molecule has 0 aromatic heterocycles. The van der Waals surface area contributed by atoms with Gasteiger partial charge in [-0.2, -0.15) is 0 Å². The molecular formula is C14H19BrN2O. The summed E-state index contributed by atoms with van der Waals surface area (Å²) < 4.78 is 1.04. The van der Waals surface area contributed by atoms with Crippen LogP contribution in [-0.2, 0) is 4.79 Å². The number of benzene rings is 1. The van der Waals surface area contributed by atoms with Gasteiger partial charge in [0.25, 0.3) is 0 Å². The molecule has 3 unspecified atom stereocenters. The van der Waals surface area contributed by atoms with E-state index in [1.165, 1.54) is 0 Å². The van der Waals surface area contributed by atoms with Crippen LogP contribution in [0, 0.1) is 5.92 Å². The van der Waals surface area contributed by atoms with Crippen molar-refractivity contribution >= 4 is 21.8 Å². The van der Waals surface area contributed by atoms with E-state index in [2.05, 4.69) is 33.5 Å². The van der Waals surface area contributed by atoms with Gasteiger partial charge in [-0.25, -0.2) is 0 Å². The van der Waals surface area contributed by atoms with Crippen LogP contribution in [0.3, 0.4) is 0 Å². The lowest BCUT2D eigenvalue weighted by molar-refractivity contribution is -0.124. The molecule has 98 valence electrons. The summed E-state index contributed by atoms with van der Waals surface area (Å²) in [5, 5.41) is 6.33. The summed E-state index contributed by atoms with van der Waals surface area (Å²) in [5.41, 5.74) is 1.11. The summed E-state index contributed by atoms with van der Waals surface area (Å²) >= 11 is 3.45. The molecule has 0 aliphatic carbocycles. The summed E-state index contributed by atoms with van der Waals surface area (Å²) in [6.07, 6.45) is 1.07. The van der Waals surface area contributed by atoms with E-state index in [1.807, 2.05) is 31.2 Å². The summed E-state index contributed by atoms with van der Waals surface area (Å²) in [6, 6.07) is 8.03. The van der Waals surface area contributed by atoms with Crippen LogP contribution in [0.4, 0.5) is 0 Å². The van der Waals surface area contributed by atoms with Gasteiger partial charge in [0.15, 0.2) is 0 Å². The molecule has 4 heteroatoms. The predicted octanol–water partition coefficient (Wildman–Crippen LogP) is 2.62. The molecule has 1 aliphatic heterocycles. The van der Waals surface area contributed by atoms with Gasteiger partial charge >= 0.3 is 0 Å². The Morgan fingerprint density at radius 2 is 2.33 bits per heavy atom. The van der Waals surface area contributed by atoms with Crippen molar-refractivity contribution in [2.45, 2.75) is 32.4 Å². The van der Waals surface area contributed by atoms with Crippen molar-refractivity contribution in [2.24, 2.45) is 5.92 Å². The number of hydrogen-bond donors (Lipinski definition) is 2. The van der Waals surface area contributed by atoms with Crippen LogP contribution >= 0.6 is 15.9 Å². The van der Waals surface area contributed by atoms with Crippen molar-refractivity contribution in [2.75, 3.05) is 6.54 Å². The maximum atomic E-state index is 12.1. The second kappa shape index (κ2) is 5.85. The van der Waals surface area contributed by atoms with Gasteiger partial charge in [-0.3, -0.25) is 4.79 Å². The van der Waals surface area contributed by atoms with E-state index in [0.29, 0.717) is 5.92 Å². The number of halogens is 1. The monoisotopic (exact) mass is 310 g/mol. The van der Waals surface area contributed by atoms with Gasteiger partial charge in [0.2, 0.25) is 5.91 Å². The predicted molar refractivity (Wildman–Crippen MR) is 76.3 cm³/mol. The molecule has 1 aliphatic rings. The number of nitrogens with one attached hydrogen (secondary N) is 2. The zero-order valence-electron chi connectivity index (χ0n) is 10.7. The number of hydrogen-bond acceptors (Lipinski definition) is 2. The number of carbonyl (C=O) groups excluding carboxylic acids is 1. The standard InChI is InChI=1S/C14H19BrN2O/c1-9-6-7-16-13(9)14(18)17-10(2)11-4-3-5-12(15)8-11/h3-5,8-10,13,16H,6-7H2,1-2H3,(H,17,18). The minimum Gasteiger partial charge on any atom is -0.348 e. The van der Waals surface area contributed by atoms with E-state index < -0.39 is 0 Å². The van der Waals surface area contributed by atoms with Crippen LogP contribution in [0.1, 0.15) is 31.9 Å². The first-order valence-corrected chi connectivity index (χ1v) is 7.16. The van der Waals surface area contributed by atoms with Crippen molar-refractivity contribution < 1.29 is 4.79 Å². The van der Waals surface area contributed by atoms with Crippen molar-refractivity contribution in [3.8, 4) is 0 Å². The quantitative estimate of drug-likeness (QED) is 0.901. The molecule has 0 saturated carbocycles. The number of rotatable bonds is 3. The zero-order valence-corrected chi connectivity index (χ0v) is 12.3. The van der Waals surface area contributed by atoms with E-state index in [4.69, 9.17) is 0 Å². The van der Waals surface area contributed by atoms with Gasteiger partial charge in [0.1, 0.15) is 0 Å². The highest BCUT2D eigenvalue weighted by Crippen LogP contribution is 2.19. The van der Waals surface area contributed by atoms with Crippen LogP contribution in [0.5, 0.6) is 0 Å². The zero-order chi connectivity index (χ0) is 13.1. The Bertz CT molecular complexity index is 436. The van der Waals surface area contributed by atoms with Gasteiger partial charge in [0.05, 0.1) is 12.1 Å². The van der Waals surface area contributed by atoms with E-state index in [1.54, 1.807) is 0 Å². The van der Waals surface area contributed by atoms with Gasteiger partial charge in [-0.15, -0.1) is 0 Å². The lowest BCUT2D eigenvalue weighted by atomic mass is 10.0. The van der Waals surface area contributed by atoms with E-state index in [-0.39, 0.29) is 18.0 Å². The van der Waals surface area contributed by atoms with Crippen LogP contribution in [0.2, 0.25) is 0 Å². The molecule has 3 nitrogen and oxygen atoms in total. The molecular weight excluding hydrogens is 292 g/mol. The van der Waals surface area contributed by atoms with E-state index in [0.717, 1.165) is 23.0 Å². The lowest BCUT2D eigenvalue weighted by Gasteiger charge is -2.20. The van der Waals surface area contributed by atoms with E-state index in [9.17, 15) is 4.79 Å². The fraction of sp³-hybridized carbons (Fsp3) is 0.500. The third-order valence-electron chi connectivity index (χ3n) is 3.52. The Kier molecular flexibility index (Phi) is 4.40. The summed E-state index contributed by atoms with van der Waals surface area (Å²) in [4.78, 5) is 12.1. The first-order chi connectivity index (χ1) is 8.58. The topological polar surface area (TPSA) is 41.1 Å². The Balaban J connectivity index is 1.98. The van der Waals surface area contributed by atoms with Gasteiger partial charge in [-0.05, 0) is 43.5 Å². The second-order valence-corrected chi connectivity index (χ2v) is 5.90.